The molecule has 2 heterocycles. The molecule has 0 bridgehead atoms. The fourth-order valence-electron chi connectivity index (χ4n) is 4.73. The van der Waals surface area contributed by atoms with Crippen molar-refractivity contribution in [1.29, 1.82) is 0 Å². The Bertz CT molecular complexity index is 1770. The van der Waals surface area contributed by atoms with Gasteiger partial charge in [0.15, 0.2) is 16.3 Å². The minimum absolute atomic E-state index is 0.176. The highest BCUT2D eigenvalue weighted by Gasteiger charge is 2.35. The number of para-hydroxylation sites is 1. The van der Waals surface area contributed by atoms with Gasteiger partial charge in [0.25, 0.3) is 5.56 Å². The molecule has 0 radical (unpaired) electrons. The number of carbonyl (C=O) groups excluding carboxylic acids is 1. The third kappa shape index (κ3) is 4.91. The van der Waals surface area contributed by atoms with Gasteiger partial charge in [0, 0.05) is 11.1 Å². The van der Waals surface area contributed by atoms with E-state index < -0.39 is 12.0 Å². The molecule has 5 rings (SSSR count). The highest BCUT2D eigenvalue weighted by molar-refractivity contribution is 7.07. The maximum absolute atomic E-state index is 14.1. The van der Waals surface area contributed by atoms with Crippen molar-refractivity contribution in [2.45, 2.75) is 13.0 Å². The van der Waals surface area contributed by atoms with Gasteiger partial charge in [0.2, 0.25) is 0 Å². The quantitative estimate of drug-likeness (QED) is 0.306. The molecule has 0 spiro atoms. The van der Waals surface area contributed by atoms with Gasteiger partial charge in [-0.15, -0.1) is 0 Å². The van der Waals surface area contributed by atoms with Gasteiger partial charge in [0.05, 0.1) is 49.8 Å². The maximum atomic E-state index is 14.1. The molecule has 1 aromatic heterocycles. The molecule has 4 aromatic rings. The number of methoxy groups -OCH3 is 3. The van der Waals surface area contributed by atoms with Crippen LogP contribution in [0, 0.1) is 0 Å². The van der Waals surface area contributed by atoms with E-state index in [4.69, 9.17) is 23.9 Å². The number of hydrogen-bond donors (Lipinski definition) is 0. The van der Waals surface area contributed by atoms with Crippen molar-refractivity contribution in [3.05, 3.63) is 115 Å². The SMILES string of the molecule is CCOC(=O)C1=C(c2ccccc2)N=c2s/c(=C/c3cccc(OC)c3OC)c(=O)n2[C@@H]1c1cccc(OC)c1. The summed E-state index contributed by atoms with van der Waals surface area (Å²) in [5.41, 5.74) is 2.55. The number of ether oxygens (including phenoxy) is 4. The van der Waals surface area contributed by atoms with Crippen LogP contribution in [0.5, 0.6) is 17.2 Å². The van der Waals surface area contributed by atoms with E-state index in [0.717, 1.165) is 5.56 Å². The van der Waals surface area contributed by atoms with E-state index in [1.807, 2.05) is 66.7 Å². The van der Waals surface area contributed by atoms with Gasteiger partial charge < -0.3 is 18.9 Å². The number of carbonyl (C=O) groups is 1. The smallest absolute Gasteiger partial charge is 0.338 e. The second-order valence-corrected chi connectivity index (χ2v) is 9.80. The lowest BCUT2D eigenvalue weighted by atomic mass is 9.93. The van der Waals surface area contributed by atoms with E-state index in [2.05, 4.69) is 0 Å². The van der Waals surface area contributed by atoms with Crippen LogP contribution in [0.1, 0.15) is 29.7 Å². The van der Waals surface area contributed by atoms with Crippen LogP contribution in [-0.2, 0) is 9.53 Å². The molecule has 0 saturated carbocycles. The van der Waals surface area contributed by atoms with Gasteiger partial charge in [-0.1, -0.05) is 65.9 Å². The molecule has 0 amide bonds. The molecule has 3 aromatic carbocycles. The molecule has 1 atom stereocenters. The number of esters is 1. The average Bonchev–Trinajstić information content (AvgIpc) is 3.30. The first-order valence-electron chi connectivity index (χ1n) is 12.6. The number of fused-ring (bicyclic) bond motifs is 1. The molecule has 40 heavy (non-hydrogen) atoms. The summed E-state index contributed by atoms with van der Waals surface area (Å²) in [7, 11) is 4.69. The molecule has 1 aliphatic rings. The normalized spacial score (nSPS) is 14.8. The first-order chi connectivity index (χ1) is 19.5. The van der Waals surface area contributed by atoms with E-state index in [-0.39, 0.29) is 17.7 Å². The summed E-state index contributed by atoms with van der Waals surface area (Å²) in [5, 5.41) is 0. The third-order valence-corrected chi connectivity index (χ3v) is 7.49. The number of aromatic nitrogens is 1. The molecule has 9 heteroatoms. The minimum Gasteiger partial charge on any atom is -0.497 e. The van der Waals surface area contributed by atoms with Crippen LogP contribution in [0.25, 0.3) is 11.8 Å². The van der Waals surface area contributed by atoms with Gasteiger partial charge in [-0.3, -0.25) is 9.36 Å². The number of benzene rings is 3. The van der Waals surface area contributed by atoms with Crippen LogP contribution in [0.3, 0.4) is 0 Å². The van der Waals surface area contributed by atoms with Gasteiger partial charge in [-0.25, -0.2) is 9.79 Å². The lowest BCUT2D eigenvalue weighted by Gasteiger charge is -2.26. The van der Waals surface area contributed by atoms with Gasteiger partial charge >= 0.3 is 5.97 Å². The largest absolute Gasteiger partial charge is 0.497 e. The van der Waals surface area contributed by atoms with Crippen LogP contribution in [-0.4, -0.2) is 38.5 Å². The second kappa shape index (κ2) is 11.6. The van der Waals surface area contributed by atoms with Crippen LogP contribution < -0.4 is 29.1 Å². The molecule has 204 valence electrons. The summed E-state index contributed by atoms with van der Waals surface area (Å²) < 4.78 is 24.0. The molecule has 0 unspecified atom stereocenters. The van der Waals surface area contributed by atoms with Crippen molar-refractivity contribution in [1.82, 2.24) is 4.57 Å². The van der Waals surface area contributed by atoms with Crippen LogP contribution >= 0.6 is 11.3 Å². The van der Waals surface area contributed by atoms with Crippen LogP contribution in [0.2, 0.25) is 0 Å². The average molecular weight is 557 g/mol. The third-order valence-electron chi connectivity index (χ3n) is 6.50. The number of hydrogen-bond acceptors (Lipinski definition) is 8. The van der Waals surface area contributed by atoms with E-state index in [0.29, 0.717) is 43.4 Å². The molecule has 8 nitrogen and oxygen atoms in total. The Morgan fingerprint density at radius 1 is 0.975 bits per heavy atom. The standard InChI is InChI=1S/C31H28N2O6S/c1-5-39-30(35)25-26(19-11-7-6-8-12-19)32-31-33(27(25)20-13-9-15-22(17-20)36-2)29(34)24(40-31)18-21-14-10-16-23(37-3)28(21)38-4/h6-18,27H,5H2,1-4H3/b24-18+/t27-/m1/s1. The minimum atomic E-state index is -0.796. The van der Waals surface area contributed by atoms with Crippen molar-refractivity contribution < 1.29 is 23.7 Å². The topological polar surface area (TPSA) is 88.4 Å². The Hall–Kier alpha value is -4.63. The molecule has 1 aliphatic heterocycles. The zero-order valence-electron chi connectivity index (χ0n) is 22.5. The fourth-order valence-corrected chi connectivity index (χ4v) is 5.73. The zero-order chi connectivity index (χ0) is 28.2. The molecular weight excluding hydrogens is 528 g/mol. The van der Waals surface area contributed by atoms with Crippen molar-refractivity contribution >= 4 is 29.1 Å². The summed E-state index contributed by atoms with van der Waals surface area (Å²) in [6.07, 6.45) is 1.75. The predicted octanol–water partition coefficient (Wildman–Crippen LogP) is 3.96. The molecule has 0 saturated heterocycles. The van der Waals surface area contributed by atoms with Gasteiger partial charge in [0.1, 0.15) is 5.75 Å². The van der Waals surface area contributed by atoms with Crippen LogP contribution in [0.4, 0.5) is 0 Å². The van der Waals surface area contributed by atoms with E-state index >= 15 is 0 Å². The summed E-state index contributed by atoms with van der Waals surface area (Å²) in [6.45, 7) is 1.92. The zero-order valence-corrected chi connectivity index (χ0v) is 23.4. The first kappa shape index (κ1) is 27.0. The Morgan fingerprint density at radius 3 is 2.45 bits per heavy atom. The Kier molecular flexibility index (Phi) is 7.84. The molecule has 0 N–H and O–H groups in total. The first-order valence-corrected chi connectivity index (χ1v) is 13.5. The van der Waals surface area contributed by atoms with E-state index in [1.165, 1.54) is 11.3 Å². The van der Waals surface area contributed by atoms with Crippen molar-refractivity contribution in [2.24, 2.45) is 4.99 Å². The summed E-state index contributed by atoms with van der Waals surface area (Å²) in [4.78, 5) is 33.0. The molecular formula is C31H28N2O6S. The fraction of sp³-hybridized carbons (Fsp3) is 0.194. The molecule has 0 fully saturated rings. The monoisotopic (exact) mass is 556 g/mol. The Morgan fingerprint density at radius 2 is 1.75 bits per heavy atom. The van der Waals surface area contributed by atoms with E-state index in [1.54, 1.807) is 45.0 Å². The van der Waals surface area contributed by atoms with Crippen LogP contribution in [0.15, 0.2) is 88.2 Å². The highest BCUT2D eigenvalue weighted by atomic mass is 32.1. The Labute approximate surface area is 235 Å². The maximum Gasteiger partial charge on any atom is 0.338 e. The van der Waals surface area contributed by atoms with E-state index in [9.17, 15) is 9.59 Å². The number of nitrogens with zero attached hydrogens (tertiary/aromatic N) is 2. The summed E-state index contributed by atoms with van der Waals surface area (Å²) in [6, 6.07) is 21.4. The summed E-state index contributed by atoms with van der Waals surface area (Å²) >= 11 is 1.24. The van der Waals surface area contributed by atoms with Crippen molar-refractivity contribution in [3.63, 3.8) is 0 Å². The highest BCUT2D eigenvalue weighted by Crippen LogP contribution is 2.36. The summed E-state index contributed by atoms with van der Waals surface area (Å²) in [5.74, 6) is 1.12. The van der Waals surface area contributed by atoms with Crippen molar-refractivity contribution in [3.8, 4) is 17.2 Å². The lowest BCUT2D eigenvalue weighted by molar-refractivity contribution is -0.138. The van der Waals surface area contributed by atoms with Gasteiger partial charge in [-0.05, 0) is 36.8 Å². The lowest BCUT2D eigenvalue weighted by Crippen LogP contribution is -2.40. The number of rotatable bonds is 8. The number of thiazole rings is 1. The predicted molar refractivity (Wildman–Crippen MR) is 154 cm³/mol. The van der Waals surface area contributed by atoms with Gasteiger partial charge in [-0.2, -0.15) is 0 Å². The molecule has 0 aliphatic carbocycles. The van der Waals surface area contributed by atoms with Crippen molar-refractivity contribution in [2.75, 3.05) is 27.9 Å². The second-order valence-electron chi connectivity index (χ2n) is 8.79. The Balaban J connectivity index is 1.84.